The number of nitrogens with one attached hydrogen (secondary N) is 1. The fraction of sp³-hybridized carbons (Fsp3) is 0.615. The molecule has 0 aliphatic carbocycles. The smallest absolute Gasteiger partial charge is 0.322 e. The Balaban J connectivity index is 2.48. The zero-order valence-corrected chi connectivity index (χ0v) is 11.9. The van der Waals surface area contributed by atoms with Crippen LogP contribution in [0.4, 0.5) is 0 Å². The van der Waals surface area contributed by atoms with E-state index in [9.17, 15) is 9.90 Å². The lowest BCUT2D eigenvalue weighted by Crippen LogP contribution is -2.40. The van der Waals surface area contributed by atoms with Crippen LogP contribution in [0.15, 0.2) is 17.5 Å². The molecule has 1 rings (SSSR count). The number of aliphatic hydroxyl groups is 1. The second kappa shape index (κ2) is 7.51. The van der Waals surface area contributed by atoms with E-state index >= 15 is 0 Å². The molecule has 0 aromatic carbocycles. The number of hydrogen-bond donors (Lipinski definition) is 2. The third-order valence-corrected chi connectivity index (χ3v) is 3.60. The summed E-state index contributed by atoms with van der Waals surface area (Å²) in [7, 11) is 1.38. The normalized spacial score (nSPS) is 14.5. The molecule has 0 spiro atoms. The Morgan fingerprint density at radius 3 is 2.78 bits per heavy atom. The van der Waals surface area contributed by atoms with Crippen molar-refractivity contribution in [2.75, 3.05) is 13.7 Å². The molecule has 0 amide bonds. The molecule has 5 heteroatoms. The summed E-state index contributed by atoms with van der Waals surface area (Å²) in [5.74, 6) is 0.113. The number of esters is 1. The van der Waals surface area contributed by atoms with E-state index in [1.807, 2.05) is 31.4 Å². The molecule has 0 saturated heterocycles. The minimum absolute atomic E-state index is 0.276. The molecule has 102 valence electrons. The molecule has 0 aliphatic rings. The van der Waals surface area contributed by atoms with Gasteiger partial charge in [-0.1, -0.05) is 19.9 Å². The van der Waals surface area contributed by atoms with Gasteiger partial charge >= 0.3 is 5.97 Å². The monoisotopic (exact) mass is 271 g/mol. The fourth-order valence-electron chi connectivity index (χ4n) is 1.71. The summed E-state index contributed by atoms with van der Waals surface area (Å²) in [6, 6.07) is 3.42. The van der Waals surface area contributed by atoms with Gasteiger partial charge < -0.3 is 15.2 Å². The third kappa shape index (κ3) is 4.76. The van der Waals surface area contributed by atoms with Crippen molar-refractivity contribution in [2.45, 2.75) is 32.4 Å². The van der Waals surface area contributed by atoms with Crippen LogP contribution in [0.25, 0.3) is 0 Å². The highest BCUT2D eigenvalue weighted by Gasteiger charge is 2.21. The Labute approximate surface area is 112 Å². The number of aliphatic hydroxyl groups excluding tert-OH is 1. The number of ether oxygens (including phenoxy) is 1. The predicted octanol–water partition coefficient (Wildman–Crippen LogP) is 1.96. The first kappa shape index (κ1) is 15.1. The average molecular weight is 271 g/mol. The maximum atomic E-state index is 11.6. The number of methoxy groups -OCH3 is 1. The van der Waals surface area contributed by atoms with Crippen molar-refractivity contribution < 1.29 is 14.6 Å². The van der Waals surface area contributed by atoms with E-state index < -0.39 is 6.10 Å². The minimum Gasteiger partial charge on any atom is -0.468 e. The second-order valence-electron chi connectivity index (χ2n) is 4.64. The van der Waals surface area contributed by atoms with Crippen LogP contribution in [0, 0.1) is 5.92 Å². The lowest BCUT2D eigenvalue weighted by Gasteiger charge is -2.19. The van der Waals surface area contributed by atoms with E-state index in [1.165, 1.54) is 18.4 Å². The van der Waals surface area contributed by atoms with E-state index in [1.54, 1.807) is 0 Å². The van der Waals surface area contributed by atoms with Crippen LogP contribution >= 0.6 is 11.3 Å². The molecule has 0 saturated carbocycles. The Hall–Kier alpha value is -0.910. The van der Waals surface area contributed by atoms with Crippen molar-refractivity contribution in [3.63, 3.8) is 0 Å². The summed E-state index contributed by atoms with van der Waals surface area (Å²) < 4.78 is 4.76. The number of carbonyl (C=O) groups excluding carboxylic acids is 1. The lowest BCUT2D eigenvalue weighted by molar-refractivity contribution is -0.143. The summed E-state index contributed by atoms with van der Waals surface area (Å²) in [6.07, 6.45) is 0.119. The molecule has 2 atom stereocenters. The molecule has 1 aromatic rings. The lowest BCUT2D eigenvalue weighted by atomic mass is 10.0. The van der Waals surface area contributed by atoms with Crippen molar-refractivity contribution in [1.82, 2.24) is 5.32 Å². The van der Waals surface area contributed by atoms with Gasteiger partial charge in [-0.25, -0.2) is 0 Å². The zero-order valence-electron chi connectivity index (χ0n) is 11.1. The summed E-state index contributed by atoms with van der Waals surface area (Å²) in [5, 5.41) is 14.9. The Morgan fingerprint density at radius 2 is 2.28 bits per heavy atom. The summed E-state index contributed by atoms with van der Waals surface area (Å²) in [5.41, 5.74) is 0. The summed E-state index contributed by atoms with van der Waals surface area (Å²) in [4.78, 5) is 12.5. The highest BCUT2D eigenvalue weighted by Crippen LogP contribution is 2.18. The van der Waals surface area contributed by atoms with E-state index in [0.29, 0.717) is 18.9 Å². The van der Waals surface area contributed by atoms with E-state index in [-0.39, 0.29) is 12.0 Å². The zero-order chi connectivity index (χ0) is 13.5. The van der Waals surface area contributed by atoms with Gasteiger partial charge in [0.1, 0.15) is 12.1 Å². The predicted molar refractivity (Wildman–Crippen MR) is 72.5 cm³/mol. The van der Waals surface area contributed by atoms with Gasteiger partial charge in [0.2, 0.25) is 0 Å². The average Bonchev–Trinajstić information content (AvgIpc) is 2.86. The van der Waals surface area contributed by atoms with Gasteiger partial charge in [-0.3, -0.25) is 4.79 Å². The highest BCUT2D eigenvalue weighted by molar-refractivity contribution is 7.10. The SMILES string of the molecule is COC(=O)C(CC(C)C)NCC(O)c1cccs1. The maximum absolute atomic E-state index is 11.6. The van der Waals surface area contributed by atoms with E-state index in [0.717, 1.165) is 4.88 Å². The molecule has 0 aliphatic heterocycles. The van der Waals surface area contributed by atoms with E-state index in [2.05, 4.69) is 5.32 Å². The van der Waals surface area contributed by atoms with Crippen LogP contribution < -0.4 is 5.32 Å². The molecule has 4 nitrogen and oxygen atoms in total. The van der Waals surface area contributed by atoms with Crippen molar-refractivity contribution in [2.24, 2.45) is 5.92 Å². The molecule has 1 aromatic heterocycles. The van der Waals surface area contributed by atoms with Crippen LogP contribution in [0.2, 0.25) is 0 Å². The second-order valence-corrected chi connectivity index (χ2v) is 5.62. The fourth-order valence-corrected chi connectivity index (χ4v) is 2.42. The summed E-state index contributed by atoms with van der Waals surface area (Å²) >= 11 is 1.50. The number of rotatable bonds is 7. The number of carbonyl (C=O) groups is 1. The van der Waals surface area contributed by atoms with Crippen LogP contribution in [0.5, 0.6) is 0 Å². The first-order chi connectivity index (χ1) is 8.54. The van der Waals surface area contributed by atoms with Gasteiger partial charge in [-0.2, -0.15) is 0 Å². The van der Waals surface area contributed by atoms with Crippen LogP contribution in [0.3, 0.4) is 0 Å². The van der Waals surface area contributed by atoms with Gasteiger partial charge in [-0.05, 0) is 23.8 Å². The molecule has 1 heterocycles. The molecule has 0 radical (unpaired) electrons. The summed E-state index contributed by atoms with van der Waals surface area (Å²) in [6.45, 7) is 4.45. The van der Waals surface area contributed by atoms with Gasteiger partial charge in [0.25, 0.3) is 0 Å². The molecule has 2 unspecified atom stereocenters. The Kier molecular flexibility index (Phi) is 6.32. The van der Waals surface area contributed by atoms with Gasteiger partial charge in [-0.15, -0.1) is 11.3 Å². The van der Waals surface area contributed by atoms with Crippen LogP contribution in [0.1, 0.15) is 31.2 Å². The third-order valence-electron chi connectivity index (χ3n) is 2.62. The Morgan fingerprint density at radius 1 is 1.56 bits per heavy atom. The largest absolute Gasteiger partial charge is 0.468 e. The standard InChI is InChI=1S/C13H21NO3S/c1-9(2)7-10(13(16)17-3)14-8-11(15)12-5-4-6-18-12/h4-6,9-11,14-15H,7-8H2,1-3H3. The first-order valence-corrected chi connectivity index (χ1v) is 6.95. The highest BCUT2D eigenvalue weighted by atomic mass is 32.1. The quantitative estimate of drug-likeness (QED) is 0.744. The molecule has 18 heavy (non-hydrogen) atoms. The van der Waals surface area contributed by atoms with Crippen molar-refractivity contribution >= 4 is 17.3 Å². The molecular formula is C13H21NO3S. The molecule has 2 N–H and O–H groups in total. The van der Waals surface area contributed by atoms with Gasteiger partial charge in [0.05, 0.1) is 7.11 Å². The van der Waals surface area contributed by atoms with Crippen LogP contribution in [-0.2, 0) is 9.53 Å². The Bertz CT molecular complexity index is 351. The maximum Gasteiger partial charge on any atom is 0.322 e. The van der Waals surface area contributed by atoms with Crippen LogP contribution in [-0.4, -0.2) is 30.8 Å². The minimum atomic E-state index is -0.579. The van der Waals surface area contributed by atoms with Crippen molar-refractivity contribution in [1.29, 1.82) is 0 Å². The van der Waals surface area contributed by atoms with Crippen molar-refractivity contribution in [3.05, 3.63) is 22.4 Å². The number of hydrogen-bond acceptors (Lipinski definition) is 5. The number of thiophene rings is 1. The van der Waals surface area contributed by atoms with E-state index in [4.69, 9.17) is 4.74 Å². The van der Waals surface area contributed by atoms with Gasteiger partial charge in [0.15, 0.2) is 0 Å². The first-order valence-electron chi connectivity index (χ1n) is 6.07. The molecule has 0 bridgehead atoms. The molecule has 0 fully saturated rings. The van der Waals surface area contributed by atoms with Crippen molar-refractivity contribution in [3.8, 4) is 0 Å². The topological polar surface area (TPSA) is 58.6 Å². The van der Waals surface area contributed by atoms with Gasteiger partial charge in [0, 0.05) is 11.4 Å². The molecular weight excluding hydrogens is 250 g/mol.